The highest BCUT2D eigenvalue weighted by Crippen LogP contribution is 2.35. The van der Waals surface area contributed by atoms with Crippen LogP contribution in [0.25, 0.3) is 21.4 Å². The van der Waals surface area contributed by atoms with Gasteiger partial charge >= 0.3 is 0 Å². The van der Waals surface area contributed by atoms with E-state index in [-0.39, 0.29) is 11.6 Å². The fourth-order valence-electron chi connectivity index (χ4n) is 4.33. The minimum atomic E-state index is -0.624. The molecule has 8 heteroatoms. The summed E-state index contributed by atoms with van der Waals surface area (Å²) in [6.45, 7) is 9.92. The fraction of sp³-hybridized carbons (Fsp3) is 0.280. The zero-order valence-corrected chi connectivity index (χ0v) is 18.7. The number of Topliss-reactive ketones (excluding diaryl/α,β-unsaturated/α-hetero) is 1. The summed E-state index contributed by atoms with van der Waals surface area (Å²) in [7, 11) is 2.96. The third-order valence-electron chi connectivity index (χ3n) is 5.97. The second-order valence-electron chi connectivity index (χ2n) is 7.85. The number of methoxy groups -OCH3 is 2. The fourth-order valence-corrected chi connectivity index (χ4v) is 4.33. The number of benzene rings is 1. The van der Waals surface area contributed by atoms with Crippen molar-refractivity contribution in [2.45, 2.75) is 25.8 Å². The monoisotopic (exact) mass is 444 g/mol. The van der Waals surface area contributed by atoms with Crippen molar-refractivity contribution in [2.24, 2.45) is 0 Å². The van der Waals surface area contributed by atoms with Crippen LogP contribution in [-0.2, 0) is 4.79 Å². The molecule has 1 amide bonds. The van der Waals surface area contributed by atoms with Crippen molar-refractivity contribution in [3.8, 4) is 11.6 Å². The molecule has 3 heterocycles. The highest BCUT2D eigenvalue weighted by atomic mass is 16.5. The van der Waals surface area contributed by atoms with E-state index in [1.807, 2.05) is 37.3 Å². The number of rotatable bonds is 5. The maximum atomic E-state index is 13.2. The molecule has 1 N–H and O–H groups in total. The van der Waals surface area contributed by atoms with Crippen molar-refractivity contribution >= 4 is 28.3 Å². The number of pyridine rings is 1. The van der Waals surface area contributed by atoms with Crippen molar-refractivity contribution in [1.29, 1.82) is 0 Å². The highest BCUT2D eigenvalue weighted by Gasteiger charge is 2.33. The van der Waals surface area contributed by atoms with Crippen LogP contribution in [0.2, 0.25) is 0 Å². The number of carbonyl (C=O) groups excluding carboxylic acids is 2. The summed E-state index contributed by atoms with van der Waals surface area (Å²) >= 11 is 0. The molecule has 0 saturated carbocycles. The van der Waals surface area contributed by atoms with Crippen LogP contribution in [-0.4, -0.2) is 53.4 Å². The van der Waals surface area contributed by atoms with E-state index in [4.69, 9.17) is 16.0 Å². The molecule has 4 rings (SSSR count). The number of aromatic amines is 1. The highest BCUT2D eigenvalue weighted by molar-refractivity contribution is 6.45. The molecule has 1 unspecified atom stereocenters. The van der Waals surface area contributed by atoms with E-state index in [1.54, 1.807) is 4.90 Å². The van der Waals surface area contributed by atoms with Crippen LogP contribution in [0.4, 0.5) is 0 Å². The molecular weight excluding hydrogens is 420 g/mol. The molecular formula is C25H24N4O4. The lowest BCUT2D eigenvalue weighted by molar-refractivity contribution is -0.128. The van der Waals surface area contributed by atoms with E-state index < -0.39 is 11.7 Å². The first-order chi connectivity index (χ1) is 16.0. The van der Waals surface area contributed by atoms with Gasteiger partial charge in [-0.3, -0.25) is 9.59 Å². The molecule has 2 aromatic heterocycles. The van der Waals surface area contributed by atoms with Gasteiger partial charge in [-0.25, -0.2) is 9.83 Å². The maximum Gasteiger partial charge on any atom is 0.295 e. The van der Waals surface area contributed by atoms with Gasteiger partial charge in [0, 0.05) is 18.8 Å². The van der Waals surface area contributed by atoms with E-state index in [1.165, 1.54) is 26.6 Å². The summed E-state index contributed by atoms with van der Waals surface area (Å²) in [5.74, 6) is -0.513. The second kappa shape index (κ2) is 9.17. The van der Waals surface area contributed by atoms with Crippen molar-refractivity contribution in [3.05, 3.63) is 70.8 Å². The van der Waals surface area contributed by atoms with E-state index in [0.29, 0.717) is 47.6 Å². The molecule has 0 spiro atoms. The molecule has 1 atom stereocenters. The molecule has 1 fully saturated rings. The first kappa shape index (κ1) is 22.1. The van der Waals surface area contributed by atoms with Crippen LogP contribution in [0.1, 0.15) is 35.7 Å². The quantitative estimate of drug-likeness (QED) is 0.364. The number of H-pyrrole nitrogens is 1. The molecule has 33 heavy (non-hydrogen) atoms. The zero-order chi connectivity index (χ0) is 23.5. The van der Waals surface area contributed by atoms with Gasteiger partial charge in [0.05, 0.1) is 37.9 Å². The Hall–Kier alpha value is -4.12. The number of ether oxygens (including phenoxy) is 2. The summed E-state index contributed by atoms with van der Waals surface area (Å²) in [5.41, 5.74) is 3.22. The third kappa shape index (κ3) is 3.94. The van der Waals surface area contributed by atoms with Crippen molar-refractivity contribution in [1.82, 2.24) is 14.9 Å². The Bertz CT molecular complexity index is 1290. The van der Waals surface area contributed by atoms with Gasteiger partial charge in [0.15, 0.2) is 5.70 Å². The number of hydrogen-bond acceptors (Lipinski definition) is 5. The topological polar surface area (TPSA) is 88.9 Å². The predicted molar refractivity (Wildman–Crippen MR) is 124 cm³/mol. The Kier molecular flexibility index (Phi) is 6.13. The van der Waals surface area contributed by atoms with Gasteiger partial charge in [-0.2, -0.15) is 0 Å². The summed E-state index contributed by atoms with van der Waals surface area (Å²) in [4.78, 5) is 38.9. The Morgan fingerprint density at radius 2 is 1.97 bits per heavy atom. The molecule has 168 valence electrons. The van der Waals surface area contributed by atoms with E-state index in [2.05, 4.69) is 14.8 Å². The number of amides is 1. The number of likely N-dealkylation sites (tertiary alicyclic amines) is 1. The van der Waals surface area contributed by atoms with Gasteiger partial charge in [0.2, 0.25) is 5.88 Å². The summed E-state index contributed by atoms with van der Waals surface area (Å²) in [6.07, 6.45) is 4.04. The first-order valence-electron chi connectivity index (χ1n) is 10.6. The summed E-state index contributed by atoms with van der Waals surface area (Å²) in [5, 5.41) is 0.465. The Morgan fingerprint density at radius 1 is 1.21 bits per heavy atom. The van der Waals surface area contributed by atoms with Crippen LogP contribution < -0.4 is 9.47 Å². The molecule has 0 aliphatic carbocycles. The number of aromatic nitrogens is 2. The SMILES string of the molecule is [C-]#[N+]/C(=C1\CCN(C(=O)C(=O)c2c[nH]c3c(OC)ncc(OC)c23)C(C)C1)c1ccccc1. The summed E-state index contributed by atoms with van der Waals surface area (Å²) in [6, 6.07) is 9.34. The average molecular weight is 444 g/mol. The van der Waals surface area contributed by atoms with Gasteiger partial charge < -0.3 is 19.4 Å². The lowest BCUT2D eigenvalue weighted by Crippen LogP contribution is -2.46. The second-order valence-corrected chi connectivity index (χ2v) is 7.85. The van der Waals surface area contributed by atoms with Gasteiger partial charge in [-0.1, -0.05) is 35.9 Å². The maximum absolute atomic E-state index is 13.2. The van der Waals surface area contributed by atoms with E-state index in [9.17, 15) is 9.59 Å². The van der Waals surface area contributed by atoms with E-state index in [0.717, 1.165) is 11.1 Å². The number of hydrogen-bond donors (Lipinski definition) is 1. The number of piperidine rings is 1. The molecule has 0 bridgehead atoms. The van der Waals surface area contributed by atoms with Crippen molar-refractivity contribution in [3.63, 3.8) is 0 Å². The van der Waals surface area contributed by atoms with Crippen LogP contribution in [0.15, 0.2) is 48.3 Å². The number of fused-ring (bicyclic) bond motifs is 1. The van der Waals surface area contributed by atoms with Gasteiger partial charge in [-0.05, 0) is 25.3 Å². The van der Waals surface area contributed by atoms with Gasteiger partial charge in [0.1, 0.15) is 11.3 Å². The Morgan fingerprint density at radius 3 is 2.61 bits per heavy atom. The number of nitrogens with one attached hydrogen (secondary N) is 1. The molecule has 0 radical (unpaired) electrons. The predicted octanol–water partition coefficient (Wildman–Crippen LogP) is 4.10. The minimum Gasteiger partial charge on any atom is -0.494 e. The molecule has 8 nitrogen and oxygen atoms in total. The molecule has 1 saturated heterocycles. The van der Waals surface area contributed by atoms with Gasteiger partial charge in [0.25, 0.3) is 11.7 Å². The lowest BCUT2D eigenvalue weighted by atomic mass is 9.93. The normalized spacial score (nSPS) is 17.4. The Labute approximate surface area is 191 Å². The van der Waals surface area contributed by atoms with Crippen LogP contribution in [0.3, 0.4) is 0 Å². The van der Waals surface area contributed by atoms with Crippen LogP contribution in [0, 0.1) is 6.57 Å². The lowest BCUT2D eigenvalue weighted by Gasteiger charge is -2.35. The largest absolute Gasteiger partial charge is 0.494 e. The smallest absolute Gasteiger partial charge is 0.295 e. The van der Waals surface area contributed by atoms with Gasteiger partial charge in [-0.15, -0.1) is 0 Å². The zero-order valence-electron chi connectivity index (χ0n) is 18.7. The molecule has 3 aromatic rings. The van der Waals surface area contributed by atoms with Crippen molar-refractivity contribution in [2.75, 3.05) is 20.8 Å². The third-order valence-corrected chi connectivity index (χ3v) is 5.97. The number of nitrogens with zero attached hydrogens (tertiary/aromatic N) is 3. The molecule has 1 aliphatic heterocycles. The average Bonchev–Trinajstić information content (AvgIpc) is 3.29. The Balaban J connectivity index is 1.61. The van der Waals surface area contributed by atoms with Crippen LogP contribution in [0.5, 0.6) is 11.6 Å². The summed E-state index contributed by atoms with van der Waals surface area (Å²) < 4.78 is 10.6. The van der Waals surface area contributed by atoms with Crippen LogP contribution >= 0.6 is 0 Å². The first-order valence-corrected chi connectivity index (χ1v) is 10.6. The van der Waals surface area contributed by atoms with E-state index >= 15 is 0 Å². The minimum absolute atomic E-state index is 0.214. The number of carbonyl (C=O) groups is 2. The van der Waals surface area contributed by atoms with Crippen molar-refractivity contribution < 1.29 is 19.1 Å². The molecule has 1 aromatic carbocycles. The number of ketones is 1. The standard InChI is InChI=1S/C25H24N4O4/c1-15-12-17(21(26-2)16-8-6-5-7-9-16)10-11-29(15)25(31)23(30)18-13-27-22-20(18)19(32-3)14-28-24(22)33-4/h5-9,13-15,27H,10-12H2,1,3-4H3/b21-17+. The molecule has 1 aliphatic rings.